The van der Waals surface area contributed by atoms with Gasteiger partial charge in [-0.05, 0) is 80.0 Å². The second kappa shape index (κ2) is 10.8. The number of amidine groups is 2. The molecule has 0 unspecified atom stereocenters. The smallest absolute Gasteiger partial charge is 0.166 e. The Hall–Kier alpha value is -4.69. The fraction of sp³-hybridized carbons (Fsp3) is 0.188. The van der Waals surface area contributed by atoms with Crippen molar-refractivity contribution in [1.82, 2.24) is 9.88 Å². The topological polar surface area (TPSA) is 96.2 Å². The predicted octanol–water partition coefficient (Wildman–Crippen LogP) is 6.23. The number of likely N-dealkylation sites (tertiary alicyclic amines) is 1. The Morgan fingerprint density at radius 1 is 0.925 bits per heavy atom. The van der Waals surface area contributed by atoms with Gasteiger partial charge in [0.25, 0.3) is 0 Å². The van der Waals surface area contributed by atoms with Crippen LogP contribution >= 0.6 is 0 Å². The lowest BCUT2D eigenvalue weighted by atomic mass is 9.88. The summed E-state index contributed by atoms with van der Waals surface area (Å²) in [5.41, 5.74) is 4.53. The summed E-state index contributed by atoms with van der Waals surface area (Å²) in [6, 6.07) is 25.0. The summed E-state index contributed by atoms with van der Waals surface area (Å²) in [5, 5.41) is 21.3. The van der Waals surface area contributed by atoms with E-state index < -0.39 is 0 Å². The zero-order valence-corrected chi connectivity index (χ0v) is 21.9. The lowest BCUT2D eigenvalue weighted by Crippen LogP contribution is -2.37. The molecule has 1 fully saturated rings. The molecule has 0 atom stereocenters. The third kappa shape index (κ3) is 5.01. The van der Waals surface area contributed by atoms with Crippen LogP contribution in [-0.4, -0.2) is 40.4 Å². The van der Waals surface area contributed by atoms with E-state index in [0.717, 1.165) is 43.7 Å². The van der Waals surface area contributed by atoms with Crippen LogP contribution in [0.15, 0.2) is 91.1 Å². The van der Waals surface area contributed by atoms with Crippen molar-refractivity contribution in [1.29, 1.82) is 10.8 Å². The van der Waals surface area contributed by atoms with Gasteiger partial charge in [-0.1, -0.05) is 36.4 Å². The second-order valence-electron chi connectivity index (χ2n) is 10.2. The number of Topliss-reactive ketones (excluding diaryl/α,β-unsaturated/α-hetero) is 1. The average Bonchev–Trinajstić information content (AvgIpc) is 3.11. The number of hydrogen-bond acceptors (Lipinski definition) is 6. The van der Waals surface area contributed by atoms with Crippen molar-refractivity contribution >= 4 is 34.6 Å². The van der Waals surface area contributed by atoms with Gasteiger partial charge in [0.05, 0.1) is 11.4 Å². The molecule has 3 N–H and O–H groups in total. The molecule has 0 radical (unpaired) electrons. The first-order valence-electron chi connectivity index (χ1n) is 13.4. The summed E-state index contributed by atoms with van der Waals surface area (Å²) < 4.78 is 13.2. The number of carbonyl (C=O) groups excluding carboxylic acids is 1. The summed E-state index contributed by atoms with van der Waals surface area (Å²) >= 11 is 0. The first kappa shape index (κ1) is 25.6. The number of rotatable bonds is 5. The van der Waals surface area contributed by atoms with Gasteiger partial charge in [0, 0.05) is 35.3 Å². The number of pyridine rings is 1. The number of piperidine rings is 1. The summed E-state index contributed by atoms with van der Waals surface area (Å²) in [5.74, 6) is 0.731. The highest BCUT2D eigenvalue weighted by Gasteiger charge is 2.29. The molecule has 40 heavy (non-hydrogen) atoms. The number of benzene rings is 3. The SMILES string of the molecule is N=C(c1ccc(CN2CCC(C(=O)c3ccc(F)cc3)CC2)cc1)N1C(=N)c2ccccc2Nc2ncccc21. The molecule has 4 aromatic rings. The highest BCUT2D eigenvalue weighted by atomic mass is 19.1. The van der Waals surface area contributed by atoms with Gasteiger partial charge in [0.1, 0.15) is 17.5 Å². The molecular formula is C32H29FN6O. The minimum atomic E-state index is -0.332. The number of halogens is 1. The van der Waals surface area contributed by atoms with E-state index in [9.17, 15) is 9.18 Å². The van der Waals surface area contributed by atoms with Crippen LogP contribution in [0, 0.1) is 22.6 Å². The molecule has 0 bridgehead atoms. The van der Waals surface area contributed by atoms with Crippen molar-refractivity contribution in [2.24, 2.45) is 5.92 Å². The standard InChI is InChI=1S/C32H29FN6O/c33-25-13-11-22(12-14-25)29(40)23-15-18-38(19-16-23)20-21-7-9-24(10-8-21)30(34)39-28-6-3-17-36-32(28)37-27-5-2-1-4-26(27)31(39)35/h1-14,17,23,34-35H,15-16,18-20H2,(H,36,37). The number of para-hydroxylation sites is 1. The summed E-state index contributed by atoms with van der Waals surface area (Å²) in [6.07, 6.45) is 3.25. The van der Waals surface area contributed by atoms with E-state index in [0.29, 0.717) is 28.2 Å². The third-order valence-corrected chi connectivity index (χ3v) is 7.63. The Bertz CT molecular complexity index is 1580. The zero-order chi connectivity index (χ0) is 27.6. The minimum Gasteiger partial charge on any atom is -0.338 e. The summed E-state index contributed by atoms with van der Waals surface area (Å²) in [6.45, 7) is 2.39. The van der Waals surface area contributed by atoms with Gasteiger partial charge >= 0.3 is 0 Å². The predicted molar refractivity (Wildman–Crippen MR) is 155 cm³/mol. The van der Waals surface area contributed by atoms with Crippen LogP contribution in [0.1, 0.15) is 39.9 Å². The molecule has 1 aromatic heterocycles. The van der Waals surface area contributed by atoms with E-state index in [-0.39, 0.29) is 29.2 Å². The van der Waals surface area contributed by atoms with Gasteiger partial charge in [-0.15, -0.1) is 0 Å². The van der Waals surface area contributed by atoms with Gasteiger partial charge < -0.3 is 5.32 Å². The van der Waals surface area contributed by atoms with Crippen LogP contribution in [0.2, 0.25) is 0 Å². The van der Waals surface area contributed by atoms with Crippen LogP contribution in [0.5, 0.6) is 0 Å². The van der Waals surface area contributed by atoms with E-state index in [2.05, 4.69) is 15.2 Å². The van der Waals surface area contributed by atoms with Crippen LogP contribution < -0.4 is 10.2 Å². The molecule has 0 saturated carbocycles. The Morgan fingerprint density at radius 3 is 2.38 bits per heavy atom. The minimum absolute atomic E-state index is 0.0366. The molecule has 200 valence electrons. The number of hydrogen-bond donors (Lipinski definition) is 3. The molecule has 2 aliphatic rings. The Labute approximate surface area is 232 Å². The summed E-state index contributed by atoms with van der Waals surface area (Å²) in [4.78, 5) is 21.2. The van der Waals surface area contributed by atoms with Gasteiger partial charge in [-0.3, -0.25) is 25.4 Å². The van der Waals surface area contributed by atoms with Crippen molar-refractivity contribution < 1.29 is 9.18 Å². The maximum atomic E-state index is 13.2. The fourth-order valence-electron chi connectivity index (χ4n) is 5.43. The molecule has 0 aliphatic carbocycles. The van der Waals surface area contributed by atoms with Crippen LogP contribution in [-0.2, 0) is 6.54 Å². The molecule has 7 nitrogen and oxygen atoms in total. The van der Waals surface area contributed by atoms with Gasteiger partial charge in [0.2, 0.25) is 0 Å². The number of ketones is 1. The number of anilines is 3. The van der Waals surface area contributed by atoms with Crippen LogP contribution in [0.3, 0.4) is 0 Å². The fourth-order valence-corrected chi connectivity index (χ4v) is 5.43. The maximum Gasteiger partial charge on any atom is 0.166 e. The second-order valence-corrected chi connectivity index (χ2v) is 10.2. The molecule has 8 heteroatoms. The third-order valence-electron chi connectivity index (χ3n) is 7.63. The quantitative estimate of drug-likeness (QED) is 0.161. The largest absolute Gasteiger partial charge is 0.338 e. The lowest BCUT2D eigenvalue weighted by Gasteiger charge is -2.31. The molecule has 3 aromatic carbocycles. The molecule has 0 amide bonds. The van der Waals surface area contributed by atoms with Crippen molar-refractivity contribution in [2.75, 3.05) is 23.3 Å². The van der Waals surface area contributed by atoms with E-state index in [1.165, 1.54) is 12.1 Å². The maximum absolute atomic E-state index is 13.2. The normalized spacial score (nSPS) is 15.5. The van der Waals surface area contributed by atoms with Crippen molar-refractivity contribution in [3.05, 3.63) is 119 Å². The lowest BCUT2D eigenvalue weighted by molar-refractivity contribution is 0.0835. The Balaban J connectivity index is 1.13. The van der Waals surface area contributed by atoms with E-state index in [1.54, 1.807) is 23.2 Å². The van der Waals surface area contributed by atoms with Crippen LogP contribution in [0.4, 0.5) is 21.6 Å². The molecule has 2 aliphatic heterocycles. The molecule has 0 spiro atoms. The number of fused-ring (bicyclic) bond motifs is 2. The average molecular weight is 533 g/mol. The Morgan fingerprint density at radius 2 is 1.62 bits per heavy atom. The number of nitrogens with one attached hydrogen (secondary N) is 3. The van der Waals surface area contributed by atoms with Gasteiger partial charge in [-0.2, -0.15) is 0 Å². The first-order valence-corrected chi connectivity index (χ1v) is 13.4. The highest BCUT2D eigenvalue weighted by Crippen LogP contribution is 2.35. The Kier molecular flexibility index (Phi) is 6.92. The number of aromatic nitrogens is 1. The molecule has 6 rings (SSSR count). The van der Waals surface area contributed by atoms with Crippen LogP contribution in [0.25, 0.3) is 0 Å². The van der Waals surface area contributed by atoms with E-state index >= 15 is 0 Å². The van der Waals surface area contributed by atoms with Crippen molar-refractivity contribution in [3.8, 4) is 0 Å². The first-order chi connectivity index (χ1) is 19.5. The molecule has 3 heterocycles. The highest BCUT2D eigenvalue weighted by molar-refractivity contribution is 6.30. The zero-order valence-electron chi connectivity index (χ0n) is 21.9. The van der Waals surface area contributed by atoms with Gasteiger partial charge in [0.15, 0.2) is 11.6 Å². The molecular weight excluding hydrogens is 503 g/mol. The van der Waals surface area contributed by atoms with Gasteiger partial charge in [-0.25, -0.2) is 9.37 Å². The number of carbonyl (C=O) groups is 1. The number of nitrogens with zero attached hydrogens (tertiary/aromatic N) is 3. The van der Waals surface area contributed by atoms with Crippen molar-refractivity contribution in [3.63, 3.8) is 0 Å². The van der Waals surface area contributed by atoms with E-state index in [1.807, 2.05) is 60.7 Å². The van der Waals surface area contributed by atoms with Crippen molar-refractivity contribution in [2.45, 2.75) is 19.4 Å². The van der Waals surface area contributed by atoms with E-state index in [4.69, 9.17) is 10.8 Å². The molecule has 1 saturated heterocycles. The summed E-state index contributed by atoms with van der Waals surface area (Å²) in [7, 11) is 0. The monoisotopic (exact) mass is 532 g/mol.